The zero-order valence-corrected chi connectivity index (χ0v) is 16.5. The monoisotopic (exact) mass is 387 g/mol. The van der Waals surface area contributed by atoms with Crippen molar-refractivity contribution in [1.82, 2.24) is 5.32 Å². The number of rotatable bonds is 8. The molecule has 0 saturated heterocycles. The van der Waals surface area contributed by atoms with Crippen molar-refractivity contribution in [2.45, 2.75) is 32.4 Å². The fraction of sp³-hybridized carbons (Fsp3) is 0.200. The van der Waals surface area contributed by atoms with Crippen molar-refractivity contribution < 1.29 is 14.3 Å². The summed E-state index contributed by atoms with van der Waals surface area (Å²) in [6, 6.07) is 26.7. The summed E-state index contributed by atoms with van der Waals surface area (Å²) >= 11 is 0. The molecule has 1 amide bonds. The van der Waals surface area contributed by atoms with Crippen molar-refractivity contribution in [3.63, 3.8) is 0 Å². The van der Waals surface area contributed by atoms with Crippen LogP contribution in [0.1, 0.15) is 34.0 Å². The summed E-state index contributed by atoms with van der Waals surface area (Å²) in [6.07, 6.45) is 0.997. The number of benzene rings is 3. The SMILES string of the molecule is CC(Cc1ccccc1)NC(=O)Cc1cccc(C(=O)OCc2ccccc2)c1. The number of esters is 1. The number of hydrogen-bond donors (Lipinski definition) is 1. The molecule has 0 fully saturated rings. The summed E-state index contributed by atoms with van der Waals surface area (Å²) in [6.45, 7) is 2.21. The summed E-state index contributed by atoms with van der Waals surface area (Å²) in [5.41, 5.74) is 3.35. The van der Waals surface area contributed by atoms with E-state index in [4.69, 9.17) is 4.74 Å². The number of carbonyl (C=O) groups is 2. The number of nitrogens with one attached hydrogen (secondary N) is 1. The van der Waals surface area contributed by atoms with Crippen molar-refractivity contribution in [1.29, 1.82) is 0 Å². The van der Waals surface area contributed by atoms with Crippen molar-refractivity contribution in [2.75, 3.05) is 0 Å². The second-order valence-corrected chi connectivity index (χ2v) is 7.10. The third-order valence-electron chi connectivity index (χ3n) is 4.53. The van der Waals surface area contributed by atoms with Crippen LogP contribution in [-0.4, -0.2) is 17.9 Å². The highest BCUT2D eigenvalue weighted by molar-refractivity contribution is 5.90. The van der Waals surface area contributed by atoms with Crippen LogP contribution in [0.15, 0.2) is 84.9 Å². The largest absolute Gasteiger partial charge is 0.457 e. The molecular weight excluding hydrogens is 362 g/mol. The third-order valence-corrected chi connectivity index (χ3v) is 4.53. The molecular formula is C25H25NO3. The van der Waals surface area contributed by atoms with Crippen molar-refractivity contribution in [3.05, 3.63) is 107 Å². The molecule has 0 aromatic heterocycles. The van der Waals surface area contributed by atoms with E-state index in [-0.39, 0.29) is 25.0 Å². The molecule has 148 valence electrons. The molecule has 0 aliphatic carbocycles. The Hall–Kier alpha value is -3.40. The van der Waals surface area contributed by atoms with Gasteiger partial charge >= 0.3 is 5.97 Å². The first-order chi connectivity index (χ1) is 14.1. The van der Waals surface area contributed by atoms with Gasteiger partial charge in [-0.05, 0) is 42.2 Å². The van der Waals surface area contributed by atoms with E-state index in [1.165, 1.54) is 5.56 Å². The second kappa shape index (κ2) is 10.2. The highest BCUT2D eigenvalue weighted by Gasteiger charge is 2.12. The number of hydrogen-bond acceptors (Lipinski definition) is 3. The van der Waals surface area contributed by atoms with E-state index < -0.39 is 5.97 Å². The van der Waals surface area contributed by atoms with Crippen molar-refractivity contribution in [2.24, 2.45) is 0 Å². The molecule has 3 aromatic carbocycles. The third kappa shape index (κ3) is 6.61. The van der Waals surface area contributed by atoms with Gasteiger partial charge in [0.1, 0.15) is 6.61 Å². The Bertz CT molecular complexity index is 939. The van der Waals surface area contributed by atoms with Crippen LogP contribution in [0.3, 0.4) is 0 Å². The maximum atomic E-state index is 12.4. The van der Waals surface area contributed by atoms with Crippen LogP contribution in [0.25, 0.3) is 0 Å². The highest BCUT2D eigenvalue weighted by atomic mass is 16.5. The van der Waals surface area contributed by atoms with Gasteiger partial charge in [-0.25, -0.2) is 4.79 Å². The number of carbonyl (C=O) groups excluding carboxylic acids is 2. The Kier molecular flexibility index (Phi) is 7.17. The van der Waals surface area contributed by atoms with E-state index >= 15 is 0 Å². The number of amides is 1. The van der Waals surface area contributed by atoms with E-state index in [0.29, 0.717) is 5.56 Å². The first-order valence-corrected chi connectivity index (χ1v) is 9.73. The Labute approximate surface area is 171 Å². The van der Waals surface area contributed by atoms with Gasteiger partial charge in [-0.15, -0.1) is 0 Å². The molecule has 1 atom stereocenters. The van der Waals surface area contributed by atoms with E-state index in [1.54, 1.807) is 18.2 Å². The molecule has 0 saturated carbocycles. The quantitative estimate of drug-likeness (QED) is 0.585. The lowest BCUT2D eigenvalue weighted by atomic mass is 10.1. The normalized spacial score (nSPS) is 11.5. The minimum absolute atomic E-state index is 0.0314. The molecule has 0 aliphatic heterocycles. The van der Waals surface area contributed by atoms with Gasteiger partial charge in [-0.1, -0.05) is 72.8 Å². The van der Waals surface area contributed by atoms with Gasteiger partial charge < -0.3 is 10.1 Å². The fourth-order valence-electron chi connectivity index (χ4n) is 3.14. The summed E-state index contributed by atoms with van der Waals surface area (Å²) in [7, 11) is 0. The lowest BCUT2D eigenvalue weighted by Crippen LogP contribution is -2.35. The van der Waals surface area contributed by atoms with E-state index in [1.807, 2.05) is 73.7 Å². The maximum Gasteiger partial charge on any atom is 0.338 e. The van der Waals surface area contributed by atoms with E-state index in [9.17, 15) is 9.59 Å². The molecule has 0 aliphatic rings. The van der Waals surface area contributed by atoms with E-state index in [2.05, 4.69) is 5.32 Å². The van der Waals surface area contributed by atoms with Crippen LogP contribution in [0, 0.1) is 0 Å². The van der Waals surface area contributed by atoms with Gasteiger partial charge in [-0.2, -0.15) is 0 Å². The van der Waals surface area contributed by atoms with Crippen LogP contribution in [0.4, 0.5) is 0 Å². The lowest BCUT2D eigenvalue weighted by Gasteiger charge is -2.14. The average Bonchev–Trinajstić information content (AvgIpc) is 2.73. The van der Waals surface area contributed by atoms with Crippen LogP contribution in [0.2, 0.25) is 0 Å². The van der Waals surface area contributed by atoms with Crippen LogP contribution in [0.5, 0.6) is 0 Å². The smallest absolute Gasteiger partial charge is 0.338 e. The molecule has 0 bridgehead atoms. The van der Waals surface area contributed by atoms with Gasteiger partial charge in [0, 0.05) is 6.04 Å². The Morgan fingerprint density at radius 2 is 1.45 bits per heavy atom. The molecule has 0 spiro atoms. The van der Waals surface area contributed by atoms with Gasteiger partial charge in [0.25, 0.3) is 0 Å². The number of ether oxygens (including phenoxy) is 1. The van der Waals surface area contributed by atoms with Crippen molar-refractivity contribution in [3.8, 4) is 0 Å². The topological polar surface area (TPSA) is 55.4 Å². The highest BCUT2D eigenvalue weighted by Crippen LogP contribution is 2.10. The minimum atomic E-state index is -0.395. The summed E-state index contributed by atoms with van der Waals surface area (Å²) in [5, 5.41) is 3.02. The van der Waals surface area contributed by atoms with Crippen molar-refractivity contribution >= 4 is 11.9 Å². The molecule has 4 heteroatoms. The standard InChI is InChI=1S/C25H25NO3/c1-19(15-20-9-4-2-5-10-20)26-24(27)17-22-13-8-14-23(16-22)25(28)29-18-21-11-6-3-7-12-21/h2-14,16,19H,15,17-18H2,1H3,(H,26,27). The summed E-state index contributed by atoms with van der Waals surface area (Å²) < 4.78 is 5.37. The molecule has 1 unspecified atom stereocenters. The summed E-state index contributed by atoms with van der Waals surface area (Å²) in [4.78, 5) is 24.7. The van der Waals surface area contributed by atoms with Gasteiger partial charge in [0.2, 0.25) is 5.91 Å². The molecule has 0 radical (unpaired) electrons. The van der Waals surface area contributed by atoms with Gasteiger partial charge in [-0.3, -0.25) is 4.79 Å². The van der Waals surface area contributed by atoms with E-state index in [0.717, 1.165) is 17.5 Å². The first-order valence-electron chi connectivity index (χ1n) is 9.73. The lowest BCUT2D eigenvalue weighted by molar-refractivity contribution is -0.121. The van der Waals surface area contributed by atoms with Gasteiger partial charge in [0.05, 0.1) is 12.0 Å². The first kappa shape index (κ1) is 20.3. The predicted octanol–water partition coefficient (Wildman–Crippen LogP) is 4.33. The van der Waals surface area contributed by atoms with Gasteiger partial charge in [0.15, 0.2) is 0 Å². The molecule has 3 aromatic rings. The summed E-state index contributed by atoms with van der Waals surface area (Å²) in [5.74, 6) is -0.461. The Morgan fingerprint density at radius 1 is 0.828 bits per heavy atom. The molecule has 29 heavy (non-hydrogen) atoms. The molecule has 1 N–H and O–H groups in total. The predicted molar refractivity (Wildman–Crippen MR) is 113 cm³/mol. The Morgan fingerprint density at radius 3 is 2.14 bits per heavy atom. The fourth-order valence-corrected chi connectivity index (χ4v) is 3.14. The molecule has 0 heterocycles. The molecule has 4 nitrogen and oxygen atoms in total. The zero-order chi connectivity index (χ0) is 20.5. The van der Waals surface area contributed by atoms with Crippen LogP contribution in [-0.2, 0) is 29.0 Å². The minimum Gasteiger partial charge on any atom is -0.457 e. The van der Waals surface area contributed by atoms with Crippen LogP contribution >= 0.6 is 0 Å². The second-order valence-electron chi connectivity index (χ2n) is 7.10. The zero-order valence-electron chi connectivity index (χ0n) is 16.5. The Balaban J connectivity index is 1.52. The average molecular weight is 387 g/mol. The van der Waals surface area contributed by atoms with Crippen LogP contribution < -0.4 is 5.32 Å². The molecule has 3 rings (SSSR count). The maximum absolute atomic E-state index is 12.4.